The van der Waals surface area contributed by atoms with Gasteiger partial charge in [0.15, 0.2) is 0 Å². The van der Waals surface area contributed by atoms with Crippen LogP contribution in [-0.2, 0) is 6.67 Å². The van der Waals surface area contributed by atoms with Crippen LogP contribution in [0.1, 0.15) is 0 Å². The van der Waals surface area contributed by atoms with Crippen molar-refractivity contribution in [3.05, 3.63) is 12.4 Å². The molecular formula is C3H5N4. The minimum Gasteiger partial charge on any atom is -0.312 e. The van der Waals surface area contributed by atoms with Gasteiger partial charge in [-0.25, -0.2) is 4.68 Å². The molecule has 1 radical (unpaired) electrons. The van der Waals surface area contributed by atoms with Crippen molar-refractivity contribution in [2.75, 3.05) is 0 Å². The maximum Gasteiger partial charge on any atom is 0.135 e. The summed E-state index contributed by atoms with van der Waals surface area (Å²) < 4.78 is 1.49. The summed E-state index contributed by atoms with van der Waals surface area (Å²) in [7, 11) is 0. The summed E-state index contributed by atoms with van der Waals surface area (Å²) in [6.45, 7) is 0.372. The molecule has 0 atom stereocenters. The van der Waals surface area contributed by atoms with Gasteiger partial charge in [0, 0.05) is 0 Å². The molecule has 4 heteroatoms. The van der Waals surface area contributed by atoms with Crippen molar-refractivity contribution < 1.29 is 0 Å². The van der Waals surface area contributed by atoms with Crippen LogP contribution in [0.25, 0.3) is 0 Å². The first-order valence-electron chi connectivity index (χ1n) is 1.89. The van der Waals surface area contributed by atoms with Gasteiger partial charge in [-0.15, -0.1) is 5.10 Å². The normalized spacial score (nSPS) is 9.29. The average Bonchev–Trinajstić information content (AvgIpc) is 2.14. The summed E-state index contributed by atoms with van der Waals surface area (Å²) in [5.74, 6) is 0. The Kier molecular flexibility index (Phi) is 1.04. The number of hydrogen-bond acceptors (Lipinski definition) is 3. The zero-order valence-electron chi connectivity index (χ0n) is 3.70. The summed E-state index contributed by atoms with van der Waals surface area (Å²) in [5.41, 5.74) is 5.13. The molecule has 1 aromatic heterocycles. The van der Waals surface area contributed by atoms with Gasteiger partial charge in [-0.1, -0.05) is 5.21 Å². The minimum absolute atomic E-state index is 0.372. The van der Waals surface area contributed by atoms with E-state index in [9.17, 15) is 0 Å². The Balaban J connectivity index is 2.76. The van der Waals surface area contributed by atoms with Gasteiger partial charge in [0.2, 0.25) is 0 Å². The molecule has 0 saturated heterocycles. The molecule has 1 rings (SSSR count). The fourth-order valence-electron chi connectivity index (χ4n) is 0.291. The van der Waals surface area contributed by atoms with Gasteiger partial charge in [-0.2, -0.15) is 0 Å². The highest BCUT2D eigenvalue weighted by Gasteiger charge is 1.79. The van der Waals surface area contributed by atoms with Crippen LogP contribution in [0, 0.1) is 6.20 Å². The van der Waals surface area contributed by atoms with Gasteiger partial charge in [-0.05, 0) is 0 Å². The van der Waals surface area contributed by atoms with E-state index in [2.05, 4.69) is 16.5 Å². The van der Waals surface area contributed by atoms with Crippen LogP contribution in [0.5, 0.6) is 0 Å². The zero-order valence-corrected chi connectivity index (χ0v) is 3.70. The third-order valence-electron chi connectivity index (χ3n) is 0.611. The van der Waals surface area contributed by atoms with E-state index >= 15 is 0 Å². The Morgan fingerprint density at radius 3 is 3.00 bits per heavy atom. The zero-order chi connectivity index (χ0) is 5.11. The molecule has 2 N–H and O–H groups in total. The molecule has 0 amide bonds. The van der Waals surface area contributed by atoms with E-state index in [0.717, 1.165) is 0 Å². The van der Waals surface area contributed by atoms with E-state index in [0.29, 0.717) is 6.67 Å². The second kappa shape index (κ2) is 1.70. The predicted octanol–water partition coefficient (Wildman–Crippen LogP) is -1.01. The highest BCUT2D eigenvalue weighted by molar-refractivity contribution is 4.58. The molecule has 37 valence electrons. The van der Waals surface area contributed by atoms with Crippen molar-refractivity contribution in [2.45, 2.75) is 6.67 Å². The lowest BCUT2D eigenvalue weighted by Gasteiger charge is -1.85. The Bertz CT molecular complexity index is 121. The second-order valence-corrected chi connectivity index (χ2v) is 1.07. The molecule has 0 spiro atoms. The Morgan fingerprint density at radius 2 is 2.71 bits per heavy atom. The van der Waals surface area contributed by atoms with Crippen molar-refractivity contribution in [1.82, 2.24) is 15.0 Å². The molecule has 0 aliphatic carbocycles. The number of rotatable bonds is 1. The van der Waals surface area contributed by atoms with Crippen molar-refractivity contribution in [1.29, 1.82) is 0 Å². The Labute approximate surface area is 40.9 Å². The fraction of sp³-hybridized carbons (Fsp3) is 0.333. The predicted molar refractivity (Wildman–Crippen MR) is 23.0 cm³/mol. The Morgan fingerprint density at radius 1 is 1.86 bits per heavy atom. The van der Waals surface area contributed by atoms with Crippen LogP contribution in [0.3, 0.4) is 0 Å². The number of nitrogens with two attached hydrogens (primary N) is 1. The molecule has 0 aromatic carbocycles. The minimum atomic E-state index is 0.372. The SMILES string of the molecule is NCn1c[c]nn1. The van der Waals surface area contributed by atoms with Crippen LogP contribution in [-0.4, -0.2) is 15.0 Å². The highest BCUT2D eigenvalue weighted by Crippen LogP contribution is 1.69. The van der Waals surface area contributed by atoms with Crippen LogP contribution in [0.4, 0.5) is 0 Å². The third kappa shape index (κ3) is 0.747. The third-order valence-corrected chi connectivity index (χ3v) is 0.611. The summed E-state index contributed by atoms with van der Waals surface area (Å²) in [4.78, 5) is 0. The summed E-state index contributed by atoms with van der Waals surface area (Å²) in [6, 6.07) is 0. The summed E-state index contributed by atoms with van der Waals surface area (Å²) in [6.07, 6.45) is 4.09. The molecule has 4 nitrogen and oxygen atoms in total. The first kappa shape index (κ1) is 4.26. The van der Waals surface area contributed by atoms with Crippen LogP contribution in [0.15, 0.2) is 6.20 Å². The smallest absolute Gasteiger partial charge is 0.135 e. The quantitative estimate of drug-likeness (QED) is 0.488. The van der Waals surface area contributed by atoms with Gasteiger partial charge >= 0.3 is 0 Å². The number of nitrogens with zero attached hydrogens (tertiary/aromatic N) is 3. The average molecular weight is 97.1 g/mol. The summed E-state index contributed by atoms with van der Waals surface area (Å²) >= 11 is 0. The first-order chi connectivity index (χ1) is 3.43. The van der Waals surface area contributed by atoms with E-state index < -0.39 is 0 Å². The number of aromatic nitrogens is 3. The lowest BCUT2D eigenvalue weighted by Crippen LogP contribution is -2.06. The van der Waals surface area contributed by atoms with Crippen LogP contribution >= 0.6 is 0 Å². The van der Waals surface area contributed by atoms with Gasteiger partial charge in [0.1, 0.15) is 6.20 Å². The molecule has 0 bridgehead atoms. The van der Waals surface area contributed by atoms with Crippen molar-refractivity contribution in [2.24, 2.45) is 5.73 Å². The van der Waals surface area contributed by atoms with E-state index in [-0.39, 0.29) is 0 Å². The maximum absolute atomic E-state index is 5.13. The summed E-state index contributed by atoms with van der Waals surface area (Å²) in [5, 5.41) is 6.92. The molecule has 1 aromatic rings. The van der Waals surface area contributed by atoms with E-state index in [1.54, 1.807) is 6.20 Å². The topological polar surface area (TPSA) is 56.7 Å². The largest absolute Gasteiger partial charge is 0.312 e. The molecule has 0 fully saturated rings. The van der Waals surface area contributed by atoms with E-state index in [4.69, 9.17) is 5.73 Å². The standard InChI is InChI=1S/C3H5N4/c4-3-7-2-1-5-6-7/h2H,3-4H2. The van der Waals surface area contributed by atoms with Gasteiger partial charge < -0.3 is 5.73 Å². The molecule has 0 aliphatic heterocycles. The van der Waals surface area contributed by atoms with E-state index in [1.807, 2.05) is 0 Å². The number of hydrogen-bond donors (Lipinski definition) is 1. The molecule has 7 heavy (non-hydrogen) atoms. The van der Waals surface area contributed by atoms with Crippen LogP contribution < -0.4 is 5.73 Å². The highest BCUT2D eigenvalue weighted by atomic mass is 15.4. The lowest BCUT2D eigenvalue weighted by molar-refractivity contribution is 0.608. The molecule has 0 aliphatic rings. The lowest BCUT2D eigenvalue weighted by atomic mass is 10.9. The van der Waals surface area contributed by atoms with Gasteiger partial charge in [0.25, 0.3) is 0 Å². The van der Waals surface area contributed by atoms with Crippen molar-refractivity contribution in [3.63, 3.8) is 0 Å². The molecular weight excluding hydrogens is 92.1 g/mol. The fourth-order valence-corrected chi connectivity index (χ4v) is 0.291. The second-order valence-electron chi connectivity index (χ2n) is 1.07. The van der Waals surface area contributed by atoms with Crippen molar-refractivity contribution in [3.8, 4) is 0 Å². The molecule has 1 heterocycles. The van der Waals surface area contributed by atoms with Gasteiger partial charge in [0.05, 0.1) is 12.9 Å². The molecule has 0 unspecified atom stereocenters. The van der Waals surface area contributed by atoms with Crippen LogP contribution in [0.2, 0.25) is 0 Å². The first-order valence-corrected chi connectivity index (χ1v) is 1.89. The van der Waals surface area contributed by atoms with E-state index in [1.165, 1.54) is 4.68 Å². The Hall–Kier alpha value is -0.900. The molecule has 0 saturated carbocycles. The van der Waals surface area contributed by atoms with Gasteiger partial charge in [-0.3, -0.25) is 0 Å². The monoisotopic (exact) mass is 97.1 g/mol. The van der Waals surface area contributed by atoms with Crippen molar-refractivity contribution >= 4 is 0 Å². The maximum atomic E-state index is 5.13.